The van der Waals surface area contributed by atoms with Gasteiger partial charge in [0.15, 0.2) is 0 Å². The van der Waals surface area contributed by atoms with Gasteiger partial charge in [0.05, 0.1) is 0 Å². The first-order valence-corrected chi connectivity index (χ1v) is 5.51. The van der Waals surface area contributed by atoms with Crippen molar-refractivity contribution in [1.82, 2.24) is 9.38 Å². The van der Waals surface area contributed by atoms with Crippen LogP contribution in [0.4, 0.5) is 0 Å². The minimum Gasteiger partial charge on any atom is -0.364 e. The van der Waals surface area contributed by atoms with Crippen LogP contribution in [0.15, 0.2) is 48.7 Å². The maximum Gasteiger partial charge on any atom is 0.268 e. The van der Waals surface area contributed by atoms with Gasteiger partial charge in [0.25, 0.3) is 5.91 Å². The van der Waals surface area contributed by atoms with Crippen LogP contribution in [0.2, 0.25) is 0 Å². The summed E-state index contributed by atoms with van der Waals surface area (Å²) in [5, 5.41) is 0. The third-order valence-corrected chi connectivity index (χ3v) is 2.75. The van der Waals surface area contributed by atoms with Crippen molar-refractivity contribution < 1.29 is 4.79 Å². The van der Waals surface area contributed by atoms with Gasteiger partial charge in [-0.25, -0.2) is 4.98 Å². The number of carbonyl (C=O) groups excluding carboxylic acids is 1. The van der Waals surface area contributed by atoms with Gasteiger partial charge in [-0.2, -0.15) is 0 Å². The third-order valence-electron chi connectivity index (χ3n) is 2.75. The fourth-order valence-electron chi connectivity index (χ4n) is 1.98. The molecule has 1 aromatic carbocycles. The van der Waals surface area contributed by atoms with Gasteiger partial charge in [-0.15, -0.1) is 0 Å². The van der Waals surface area contributed by atoms with E-state index in [1.54, 1.807) is 22.7 Å². The Bertz CT molecular complexity index is 716. The Morgan fingerprint density at radius 2 is 2.06 bits per heavy atom. The number of amides is 1. The summed E-state index contributed by atoms with van der Waals surface area (Å²) in [5.74, 6) is -0.493. The quantitative estimate of drug-likeness (QED) is 0.738. The molecule has 0 bridgehead atoms. The average Bonchev–Trinajstić information content (AvgIpc) is 2.79. The first kappa shape index (κ1) is 10.5. The van der Waals surface area contributed by atoms with E-state index in [-0.39, 0.29) is 0 Å². The highest BCUT2D eigenvalue weighted by atomic mass is 16.1. The second kappa shape index (κ2) is 4.00. The fraction of sp³-hybridized carbons (Fsp3) is 0. The molecule has 0 unspecified atom stereocenters. The van der Waals surface area contributed by atoms with Gasteiger partial charge >= 0.3 is 0 Å². The van der Waals surface area contributed by atoms with E-state index in [1.165, 1.54) is 0 Å². The number of carbonyl (C=O) groups is 1. The molecule has 0 fully saturated rings. The van der Waals surface area contributed by atoms with Crippen LogP contribution in [-0.2, 0) is 0 Å². The van der Waals surface area contributed by atoms with E-state index in [1.807, 2.05) is 30.3 Å². The van der Waals surface area contributed by atoms with Gasteiger partial charge in [0.2, 0.25) is 0 Å². The van der Waals surface area contributed by atoms with E-state index in [0.29, 0.717) is 17.0 Å². The molecule has 0 atom stereocenters. The Kier molecular flexibility index (Phi) is 2.34. The largest absolute Gasteiger partial charge is 0.364 e. The highest BCUT2D eigenvalue weighted by Gasteiger charge is 2.17. The van der Waals surface area contributed by atoms with Crippen molar-refractivity contribution in [2.45, 2.75) is 0 Å². The minimum atomic E-state index is -0.493. The Hall–Kier alpha value is -2.62. The summed E-state index contributed by atoms with van der Waals surface area (Å²) >= 11 is 0. The number of hydrogen-bond donors (Lipinski definition) is 1. The lowest BCUT2D eigenvalue weighted by Crippen LogP contribution is -2.14. The van der Waals surface area contributed by atoms with Crippen LogP contribution in [-0.4, -0.2) is 15.3 Å². The number of pyridine rings is 1. The lowest BCUT2D eigenvalue weighted by atomic mass is 10.1. The Balaban J connectivity index is 2.36. The molecule has 1 amide bonds. The molecule has 0 aliphatic rings. The normalized spacial score (nSPS) is 10.7. The molecule has 0 spiro atoms. The van der Waals surface area contributed by atoms with E-state index in [0.717, 1.165) is 5.56 Å². The van der Waals surface area contributed by atoms with E-state index >= 15 is 0 Å². The molecule has 4 nitrogen and oxygen atoms in total. The number of rotatable bonds is 2. The van der Waals surface area contributed by atoms with Crippen LogP contribution in [0, 0.1) is 6.07 Å². The highest BCUT2D eigenvalue weighted by molar-refractivity contribution is 5.98. The molecule has 0 saturated heterocycles. The number of imidazole rings is 1. The molecule has 0 saturated carbocycles. The fourth-order valence-corrected chi connectivity index (χ4v) is 1.98. The molecular formula is C14H10N3O. The lowest BCUT2D eigenvalue weighted by Gasteiger charge is -2.00. The SMILES string of the molecule is NC(=O)c1c(-c2ccccc2)nc2c[c]ccn12. The first-order chi connectivity index (χ1) is 8.77. The first-order valence-electron chi connectivity index (χ1n) is 5.51. The number of nitrogens with zero attached hydrogens (tertiary/aromatic N) is 2. The van der Waals surface area contributed by atoms with Crippen molar-refractivity contribution in [3.63, 3.8) is 0 Å². The van der Waals surface area contributed by atoms with Crippen molar-refractivity contribution >= 4 is 11.6 Å². The molecule has 4 heteroatoms. The van der Waals surface area contributed by atoms with Gasteiger partial charge in [0, 0.05) is 11.8 Å². The van der Waals surface area contributed by atoms with Crippen LogP contribution in [0.3, 0.4) is 0 Å². The van der Waals surface area contributed by atoms with E-state index in [4.69, 9.17) is 5.73 Å². The molecule has 0 aliphatic heterocycles. The standard InChI is InChI=1S/C14H10N3O/c15-14(18)13-12(10-6-2-1-3-7-10)16-11-8-4-5-9-17(11)13/h1-3,5-9H,(H2,15,18). The average molecular weight is 236 g/mol. The van der Waals surface area contributed by atoms with Crippen molar-refractivity contribution in [2.24, 2.45) is 5.73 Å². The van der Waals surface area contributed by atoms with Crippen LogP contribution in [0.25, 0.3) is 16.9 Å². The second-order valence-electron chi connectivity index (χ2n) is 3.89. The maximum atomic E-state index is 11.6. The highest BCUT2D eigenvalue weighted by Crippen LogP contribution is 2.23. The number of benzene rings is 1. The molecular weight excluding hydrogens is 226 g/mol. The summed E-state index contributed by atoms with van der Waals surface area (Å²) in [6.07, 6.45) is 1.73. The van der Waals surface area contributed by atoms with Crippen LogP contribution >= 0.6 is 0 Å². The van der Waals surface area contributed by atoms with Crippen LogP contribution < -0.4 is 5.73 Å². The Morgan fingerprint density at radius 3 is 2.78 bits per heavy atom. The van der Waals surface area contributed by atoms with Gasteiger partial charge in [-0.05, 0) is 18.2 Å². The Labute approximate surface area is 104 Å². The molecule has 2 aromatic heterocycles. The summed E-state index contributed by atoms with van der Waals surface area (Å²) < 4.78 is 1.68. The number of aromatic nitrogens is 2. The number of fused-ring (bicyclic) bond motifs is 1. The van der Waals surface area contributed by atoms with Crippen molar-refractivity contribution in [1.29, 1.82) is 0 Å². The zero-order chi connectivity index (χ0) is 12.5. The smallest absolute Gasteiger partial charge is 0.268 e. The molecule has 18 heavy (non-hydrogen) atoms. The van der Waals surface area contributed by atoms with E-state index in [9.17, 15) is 4.79 Å². The summed E-state index contributed by atoms with van der Waals surface area (Å²) in [5.41, 5.74) is 7.97. The predicted octanol–water partition coefficient (Wildman–Crippen LogP) is 1.90. The lowest BCUT2D eigenvalue weighted by molar-refractivity contribution is 0.0995. The minimum absolute atomic E-state index is 0.394. The van der Waals surface area contributed by atoms with E-state index < -0.39 is 5.91 Å². The van der Waals surface area contributed by atoms with Gasteiger partial charge in [-0.1, -0.05) is 30.3 Å². The predicted molar refractivity (Wildman–Crippen MR) is 68.0 cm³/mol. The van der Waals surface area contributed by atoms with E-state index in [2.05, 4.69) is 11.1 Å². The number of nitrogens with two attached hydrogens (primary N) is 1. The van der Waals surface area contributed by atoms with Gasteiger partial charge < -0.3 is 5.73 Å². The maximum absolute atomic E-state index is 11.6. The summed E-state index contributed by atoms with van der Waals surface area (Å²) in [6, 6.07) is 15.9. The number of hydrogen-bond acceptors (Lipinski definition) is 2. The zero-order valence-corrected chi connectivity index (χ0v) is 9.50. The molecule has 0 aliphatic carbocycles. The molecule has 2 heterocycles. The molecule has 2 N–H and O–H groups in total. The van der Waals surface area contributed by atoms with Crippen molar-refractivity contribution in [3.05, 3.63) is 60.4 Å². The van der Waals surface area contributed by atoms with Crippen molar-refractivity contribution in [3.8, 4) is 11.3 Å². The Morgan fingerprint density at radius 1 is 1.28 bits per heavy atom. The summed E-state index contributed by atoms with van der Waals surface area (Å²) in [7, 11) is 0. The van der Waals surface area contributed by atoms with Gasteiger partial charge in [-0.3, -0.25) is 9.20 Å². The third kappa shape index (κ3) is 1.55. The van der Waals surface area contributed by atoms with Crippen LogP contribution in [0.5, 0.6) is 0 Å². The molecule has 3 aromatic rings. The summed E-state index contributed by atoms with van der Waals surface area (Å²) in [4.78, 5) is 16.1. The zero-order valence-electron chi connectivity index (χ0n) is 9.50. The molecule has 87 valence electrons. The summed E-state index contributed by atoms with van der Waals surface area (Å²) in [6.45, 7) is 0. The van der Waals surface area contributed by atoms with Crippen LogP contribution in [0.1, 0.15) is 10.5 Å². The molecule has 3 rings (SSSR count). The van der Waals surface area contributed by atoms with Gasteiger partial charge in [0.1, 0.15) is 17.0 Å². The second-order valence-corrected chi connectivity index (χ2v) is 3.89. The number of primary amides is 1. The topological polar surface area (TPSA) is 60.4 Å². The monoisotopic (exact) mass is 236 g/mol. The molecule has 1 radical (unpaired) electrons. The van der Waals surface area contributed by atoms with Crippen molar-refractivity contribution in [2.75, 3.05) is 0 Å².